The van der Waals surface area contributed by atoms with Gasteiger partial charge in [0.1, 0.15) is 54.9 Å². The van der Waals surface area contributed by atoms with Crippen LogP contribution in [-0.4, -0.2) is 142 Å². The molecule has 0 spiro atoms. The number of hydrogen-bond donors (Lipinski definition) is 7. The van der Waals surface area contributed by atoms with E-state index in [2.05, 4.69) is 38.2 Å². The zero-order valence-corrected chi connectivity index (χ0v) is 39.1. The number of aliphatic hydroxyl groups is 7. The van der Waals surface area contributed by atoms with Crippen molar-refractivity contribution in [3.8, 4) is 0 Å². The monoisotopic (exact) mass is 903 g/mol. The van der Waals surface area contributed by atoms with Crippen LogP contribution in [0.3, 0.4) is 0 Å². The van der Waals surface area contributed by atoms with E-state index in [1.54, 1.807) is 0 Å². The predicted molar refractivity (Wildman–Crippen MR) is 243 cm³/mol. The topological polar surface area (TPSA) is 214 Å². The number of carbonyl (C=O) groups is 1. The van der Waals surface area contributed by atoms with Crippen molar-refractivity contribution in [1.82, 2.24) is 0 Å². The summed E-state index contributed by atoms with van der Waals surface area (Å²) in [6.07, 6.45) is 22.4. The van der Waals surface area contributed by atoms with E-state index in [-0.39, 0.29) is 25.6 Å². The fourth-order valence-electron chi connectivity index (χ4n) is 7.80. The molecule has 2 rings (SSSR count). The first-order chi connectivity index (χ1) is 30.6. The Kier molecular flexibility index (Phi) is 34.3. The Balaban J connectivity index is 1.78. The molecule has 14 nitrogen and oxygen atoms in total. The molecule has 2 aliphatic rings. The normalized spacial score (nSPS) is 27.1. The molecular formula is C49H90O14. The molecule has 0 aliphatic carbocycles. The van der Waals surface area contributed by atoms with Gasteiger partial charge in [-0.1, -0.05) is 134 Å². The van der Waals surface area contributed by atoms with E-state index in [0.717, 1.165) is 64.2 Å². The van der Waals surface area contributed by atoms with E-state index in [9.17, 15) is 40.5 Å². The van der Waals surface area contributed by atoms with E-state index < -0.39 is 80.7 Å². The lowest BCUT2D eigenvalue weighted by Crippen LogP contribution is -2.61. The van der Waals surface area contributed by atoms with Crippen LogP contribution in [0, 0.1) is 0 Å². The molecule has 7 N–H and O–H groups in total. The number of ether oxygens (including phenoxy) is 6. The Morgan fingerprint density at radius 1 is 0.508 bits per heavy atom. The van der Waals surface area contributed by atoms with Crippen LogP contribution in [0.5, 0.6) is 0 Å². The van der Waals surface area contributed by atoms with Gasteiger partial charge in [-0.2, -0.15) is 0 Å². The second-order valence-corrected chi connectivity index (χ2v) is 17.6. The summed E-state index contributed by atoms with van der Waals surface area (Å²) < 4.78 is 34.2. The summed E-state index contributed by atoms with van der Waals surface area (Å²) in [6, 6.07) is 0. The van der Waals surface area contributed by atoms with Crippen molar-refractivity contribution in [2.24, 2.45) is 0 Å². The van der Waals surface area contributed by atoms with Crippen molar-refractivity contribution < 1.29 is 69.0 Å². The van der Waals surface area contributed by atoms with E-state index in [0.29, 0.717) is 13.0 Å². The van der Waals surface area contributed by atoms with Gasteiger partial charge in [0.25, 0.3) is 0 Å². The van der Waals surface area contributed by atoms with Crippen molar-refractivity contribution in [2.45, 2.75) is 248 Å². The van der Waals surface area contributed by atoms with Crippen LogP contribution in [0.1, 0.15) is 181 Å². The van der Waals surface area contributed by atoms with Gasteiger partial charge < -0.3 is 64.2 Å². The van der Waals surface area contributed by atoms with Crippen LogP contribution < -0.4 is 0 Å². The summed E-state index contributed by atoms with van der Waals surface area (Å²) in [4.78, 5) is 13.0. The zero-order valence-electron chi connectivity index (χ0n) is 39.1. The summed E-state index contributed by atoms with van der Waals surface area (Å²) in [5.41, 5.74) is 0. The lowest BCUT2D eigenvalue weighted by molar-refractivity contribution is -0.332. The summed E-state index contributed by atoms with van der Waals surface area (Å²) in [5.74, 6) is -0.388. The average Bonchev–Trinajstić information content (AvgIpc) is 3.28. The van der Waals surface area contributed by atoms with Crippen molar-refractivity contribution in [2.75, 3.05) is 33.0 Å². The minimum Gasteiger partial charge on any atom is -0.457 e. The molecule has 0 radical (unpaired) electrons. The number of unbranched alkanes of at least 4 members (excludes halogenated alkanes) is 21. The minimum absolute atomic E-state index is 0.0561. The maximum absolute atomic E-state index is 13.0. The highest BCUT2D eigenvalue weighted by molar-refractivity contribution is 5.69. The molecule has 63 heavy (non-hydrogen) atoms. The highest BCUT2D eigenvalue weighted by Crippen LogP contribution is 2.26. The maximum Gasteiger partial charge on any atom is 0.306 e. The molecule has 370 valence electrons. The van der Waals surface area contributed by atoms with Crippen LogP contribution >= 0.6 is 0 Å². The van der Waals surface area contributed by atoms with Gasteiger partial charge in [0.15, 0.2) is 12.6 Å². The Hall–Kier alpha value is -1.53. The molecule has 0 saturated carbocycles. The molecular weight excluding hydrogens is 813 g/mol. The number of esters is 1. The van der Waals surface area contributed by atoms with Gasteiger partial charge in [-0.25, -0.2) is 0 Å². The van der Waals surface area contributed by atoms with Crippen molar-refractivity contribution in [3.63, 3.8) is 0 Å². The molecule has 2 saturated heterocycles. The summed E-state index contributed by atoms with van der Waals surface area (Å²) >= 11 is 0. The Morgan fingerprint density at radius 2 is 0.937 bits per heavy atom. The lowest BCUT2D eigenvalue weighted by Gasteiger charge is -2.42. The van der Waals surface area contributed by atoms with Gasteiger partial charge in [-0.3, -0.25) is 4.79 Å². The number of aliphatic hydroxyl groups excluding tert-OH is 7. The summed E-state index contributed by atoms with van der Waals surface area (Å²) in [5, 5.41) is 72.0. The standard InChI is InChI=1S/C49H90O14/c1-3-5-7-9-11-13-15-17-18-19-20-21-23-25-27-29-31-33-58-35-38(61-41(51)32-30-28-26-24-22-16-14-12-10-8-6-4-2)36-59-48-47(57)45(55)43(53)40(63-48)37-60-49-46(56)44(54)42(52)39(34-50)62-49/h12,14,18-19,38-40,42-50,52-57H,3-11,13,15-17,20-37H2,1-2H3/b14-12-,19-18-. The van der Waals surface area contributed by atoms with Crippen molar-refractivity contribution in [1.29, 1.82) is 0 Å². The molecule has 0 aromatic carbocycles. The van der Waals surface area contributed by atoms with Gasteiger partial charge >= 0.3 is 5.97 Å². The minimum atomic E-state index is -1.71. The van der Waals surface area contributed by atoms with Gasteiger partial charge in [-0.05, 0) is 64.2 Å². The Morgan fingerprint density at radius 3 is 1.48 bits per heavy atom. The lowest BCUT2D eigenvalue weighted by atomic mass is 9.98. The molecule has 2 fully saturated rings. The second kappa shape index (κ2) is 37.5. The Labute approximate surface area is 379 Å². The molecule has 0 aromatic rings. The SMILES string of the molecule is CCCCC/C=C\CCCCCCCC(=O)OC(COCCCCCCCC/C=C\CCCCCCCCC)COC1OC(COC2OC(CO)C(O)C(O)C2O)C(O)C(O)C1O. The van der Waals surface area contributed by atoms with Crippen LogP contribution in [-0.2, 0) is 33.2 Å². The maximum atomic E-state index is 13.0. The largest absolute Gasteiger partial charge is 0.457 e. The number of rotatable bonds is 39. The molecule has 14 heteroatoms. The Bertz CT molecular complexity index is 1140. The van der Waals surface area contributed by atoms with E-state index in [1.165, 1.54) is 89.9 Å². The average molecular weight is 903 g/mol. The number of allylic oxidation sites excluding steroid dienone is 4. The molecule has 2 heterocycles. The fourth-order valence-corrected chi connectivity index (χ4v) is 7.80. The van der Waals surface area contributed by atoms with E-state index in [4.69, 9.17) is 28.4 Å². The van der Waals surface area contributed by atoms with Crippen LogP contribution in [0.4, 0.5) is 0 Å². The van der Waals surface area contributed by atoms with Gasteiger partial charge in [0.2, 0.25) is 0 Å². The van der Waals surface area contributed by atoms with Gasteiger partial charge in [-0.15, -0.1) is 0 Å². The number of hydrogen-bond acceptors (Lipinski definition) is 14. The van der Waals surface area contributed by atoms with E-state index in [1.807, 2.05) is 0 Å². The van der Waals surface area contributed by atoms with E-state index >= 15 is 0 Å². The number of carbonyl (C=O) groups excluding carboxylic acids is 1. The smallest absolute Gasteiger partial charge is 0.306 e. The van der Waals surface area contributed by atoms with Crippen molar-refractivity contribution in [3.05, 3.63) is 24.3 Å². The van der Waals surface area contributed by atoms with Gasteiger partial charge in [0.05, 0.1) is 26.4 Å². The first-order valence-corrected chi connectivity index (χ1v) is 24.9. The second-order valence-electron chi connectivity index (χ2n) is 17.6. The summed E-state index contributed by atoms with van der Waals surface area (Å²) in [7, 11) is 0. The highest BCUT2D eigenvalue weighted by atomic mass is 16.7. The first kappa shape index (κ1) is 57.6. The molecule has 0 amide bonds. The molecule has 0 bridgehead atoms. The fraction of sp³-hybridized carbons (Fsp3) is 0.898. The zero-order chi connectivity index (χ0) is 45.9. The van der Waals surface area contributed by atoms with Crippen molar-refractivity contribution >= 4 is 5.97 Å². The predicted octanol–water partition coefficient (Wildman–Crippen LogP) is 6.85. The molecule has 11 unspecified atom stereocenters. The van der Waals surface area contributed by atoms with Crippen LogP contribution in [0.25, 0.3) is 0 Å². The third kappa shape index (κ3) is 25.8. The molecule has 0 aromatic heterocycles. The quantitative estimate of drug-likeness (QED) is 0.0191. The third-order valence-corrected chi connectivity index (χ3v) is 11.9. The highest BCUT2D eigenvalue weighted by Gasteiger charge is 2.47. The third-order valence-electron chi connectivity index (χ3n) is 11.9. The van der Waals surface area contributed by atoms with Gasteiger partial charge in [0, 0.05) is 13.0 Å². The van der Waals surface area contributed by atoms with Crippen LogP contribution in [0.15, 0.2) is 24.3 Å². The molecule has 2 aliphatic heterocycles. The molecule has 11 atom stereocenters. The summed E-state index contributed by atoms with van der Waals surface area (Å²) in [6.45, 7) is 3.64. The first-order valence-electron chi connectivity index (χ1n) is 24.9. The van der Waals surface area contributed by atoms with Crippen LogP contribution in [0.2, 0.25) is 0 Å².